The van der Waals surface area contributed by atoms with Gasteiger partial charge >= 0.3 is 0 Å². The highest BCUT2D eigenvalue weighted by Gasteiger charge is 2.45. The zero-order chi connectivity index (χ0) is 15.6. The van der Waals surface area contributed by atoms with E-state index in [1.165, 1.54) is 5.57 Å². The molecular weight excluding hydrogens is 258 g/mol. The average molecular weight is 289 g/mol. The summed E-state index contributed by atoms with van der Waals surface area (Å²) >= 11 is 0. The second kappa shape index (κ2) is 6.53. The number of aliphatic hydroxyl groups is 1. The highest BCUT2D eigenvalue weighted by Crippen LogP contribution is 2.47. The lowest BCUT2D eigenvalue weighted by Gasteiger charge is -2.43. The predicted molar refractivity (Wildman–Crippen MR) is 86.5 cm³/mol. The van der Waals surface area contributed by atoms with E-state index in [-0.39, 0.29) is 5.92 Å². The van der Waals surface area contributed by atoms with Gasteiger partial charge in [-0.15, -0.1) is 0 Å². The van der Waals surface area contributed by atoms with Gasteiger partial charge in [-0.2, -0.15) is 5.26 Å². The fourth-order valence-electron chi connectivity index (χ4n) is 4.58. The molecule has 2 rings (SSSR count). The van der Waals surface area contributed by atoms with Gasteiger partial charge in [-0.3, -0.25) is 0 Å². The predicted octanol–water partition coefficient (Wildman–Crippen LogP) is 4.70. The van der Waals surface area contributed by atoms with Gasteiger partial charge in [0.2, 0.25) is 0 Å². The topological polar surface area (TPSA) is 44.0 Å². The van der Waals surface area contributed by atoms with Crippen LogP contribution in [-0.2, 0) is 0 Å². The van der Waals surface area contributed by atoms with Crippen LogP contribution >= 0.6 is 0 Å². The largest absolute Gasteiger partial charge is 0.391 e. The second-order valence-electron chi connectivity index (χ2n) is 7.98. The van der Waals surface area contributed by atoms with Crippen LogP contribution in [0.3, 0.4) is 0 Å². The molecule has 0 aromatic rings. The van der Waals surface area contributed by atoms with E-state index in [0.717, 1.165) is 44.4 Å². The molecule has 0 saturated heterocycles. The molecular formula is C19H31NO. The van der Waals surface area contributed by atoms with Crippen LogP contribution in [0.1, 0.15) is 66.2 Å². The number of rotatable bonds is 3. The van der Waals surface area contributed by atoms with Crippen LogP contribution in [0.25, 0.3) is 0 Å². The molecule has 3 unspecified atom stereocenters. The Morgan fingerprint density at radius 3 is 2.38 bits per heavy atom. The van der Waals surface area contributed by atoms with Crippen LogP contribution in [0.5, 0.6) is 0 Å². The van der Waals surface area contributed by atoms with Crippen LogP contribution in [0.4, 0.5) is 0 Å². The minimum atomic E-state index is -0.493. The minimum absolute atomic E-state index is 0.264. The summed E-state index contributed by atoms with van der Waals surface area (Å²) in [6.07, 6.45) is 7.79. The van der Waals surface area contributed by atoms with E-state index in [1.54, 1.807) is 0 Å². The monoisotopic (exact) mass is 289 g/mol. The molecule has 2 aliphatic rings. The number of hydrogen-bond donors (Lipinski definition) is 1. The van der Waals surface area contributed by atoms with Crippen LogP contribution < -0.4 is 0 Å². The van der Waals surface area contributed by atoms with Gasteiger partial charge in [-0.25, -0.2) is 0 Å². The molecule has 0 radical (unpaired) electrons. The van der Waals surface area contributed by atoms with E-state index in [2.05, 4.69) is 39.8 Å². The smallest absolute Gasteiger partial charge is 0.0835 e. The lowest BCUT2D eigenvalue weighted by molar-refractivity contribution is -0.0255. The van der Waals surface area contributed by atoms with Gasteiger partial charge in [0, 0.05) is 0 Å². The second-order valence-corrected chi connectivity index (χ2v) is 7.98. The molecule has 21 heavy (non-hydrogen) atoms. The zero-order valence-electron chi connectivity index (χ0n) is 14.1. The highest BCUT2D eigenvalue weighted by molar-refractivity contribution is 5.13. The van der Waals surface area contributed by atoms with Gasteiger partial charge in [0.15, 0.2) is 0 Å². The van der Waals surface area contributed by atoms with Crippen molar-refractivity contribution in [1.82, 2.24) is 0 Å². The van der Waals surface area contributed by atoms with Crippen molar-refractivity contribution in [3.63, 3.8) is 0 Å². The molecule has 0 amide bonds. The van der Waals surface area contributed by atoms with Crippen molar-refractivity contribution in [3.05, 3.63) is 11.6 Å². The first-order chi connectivity index (χ1) is 9.88. The van der Waals surface area contributed by atoms with Gasteiger partial charge < -0.3 is 5.11 Å². The van der Waals surface area contributed by atoms with E-state index in [9.17, 15) is 10.4 Å². The van der Waals surface area contributed by atoms with E-state index in [1.807, 2.05) is 0 Å². The molecule has 0 aromatic heterocycles. The molecule has 0 spiro atoms. The summed E-state index contributed by atoms with van der Waals surface area (Å²) < 4.78 is 0. The summed E-state index contributed by atoms with van der Waals surface area (Å²) in [6, 6.07) is 2.53. The summed E-state index contributed by atoms with van der Waals surface area (Å²) in [6.45, 7) is 8.93. The zero-order valence-corrected chi connectivity index (χ0v) is 14.1. The Balaban J connectivity index is 2.08. The quantitative estimate of drug-likeness (QED) is 0.766. The molecule has 0 aromatic carbocycles. The van der Waals surface area contributed by atoms with Gasteiger partial charge in [0.05, 0.1) is 17.6 Å². The van der Waals surface area contributed by atoms with Gasteiger partial charge in [0.1, 0.15) is 0 Å². The molecule has 0 heterocycles. The van der Waals surface area contributed by atoms with Gasteiger partial charge in [0.25, 0.3) is 0 Å². The fraction of sp³-hybridized carbons (Fsp3) is 0.842. The Hall–Kier alpha value is -0.810. The van der Waals surface area contributed by atoms with Crippen molar-refractivity contribution in [2.45, 2.75) is 72.3 Å². The molecule has 1 fully saturated rings. The lowest BCUT2D eigenvalue weighted by Crippen LogP contribution is -2.43. The standard InChI is InChI=1S/C19H31NO/c1-13(2)16-5-7-19(12-20,8-6-16)18(21)17-10-14(3)9-15(4)11-17/h9,13-14,16-18,21H,5-8,10-11H2,1-4H3. The number of allylic oxidation sites excluding steroid dienone is 2. The number of nitrogens with zero attached hydrogens (tertiary/aromatic N) is 1. The summed E-state index contributed by atoms with van der Waals surface area (Å²) in [5, 5.41) is 20.7. The Labute approximate surface area is 130 Å². The summed E-state index contributed by atoms with van der Waals surface area (Å²) in [7, 11) is 0. The van der Waals surface area contributed by atoms with Crippen LogP contribution in [0.15, 0.2) is 11.6 Å². The van der Waals surface area contributed by atoms with Crippen molar-refractivity contribution >= 4 is 0 Å². The van der Waals surface area contributed by atoms with Crippen molar-refractivity contribution < 1.29 is 5.11 Å². The number of nitriles is 1. The minimum Gasteiger partial charge on any atom is -0.391 e. The highest BCUT2D eigenvalue weighted by atomic mass is 16.3. The third-order valence-electron chi connectivity index (χ3n) is 5.93. The Morgan fingerprint density at radius 2 is 1.90 bits per heavy atom. The average Bonchev–Trinajstić information content (AvgIpc) is 2.45. The molecule has 118 valence electrons. The maximum Gasteiger partial charge on any atom is 0.0835 e. The molecule has 1 saturated carbocycles. The SMILES string of the molecule is CC1=CC(C)CC(C(O)C2(C#N)CCC(C(C)C)CC2)C1. The van der Waals surface area contributed by atoms with E-state index < -0.39 is 11.5 Å². The number of hydrogen-bond acceptors (Lipinski definition) is 2. The van der Waals surface area contributed by atoms with E-state index >= 15 is 0 Å². The van der Waals surface area contributed by atoms with Gasteiger partial charge in [-0.1, -0.05) is 32.4 Å². The number of aliphatic hydroxyl groups excluding tert-OH is 1. The molecule has 0 aliphatic heterocycles. The summed E-state index contributed by atoms with van der Waals surface area (Å²) in [4.78, 5) is 0. The van der Waals surface area contributed by atoms with Crippen molar-refractivity contribution in [1.29, 1.82) is 5.26 Å². The Morgan fingerprint density at radius 1 is 1.29 bits per heavy atom. The van der Waals surface area contributed by atoms with E-state index in [0.29, 0.717) is 11.8 Å². The summed E-state index contributed by atoms with van der Waals surface area (Å²) in [5.74, 6) is 2.21. The third-order valence-corrected chi connectivity index (χ3v) is 5.93. The van der Waals surface area contributed by atoms with Crippen LogP contribution in [0, 0.1) is 40.4 Å². The normalized spacial score (nSPS) is 38.7. The maximum absolute atomic E-state index is 11.0. The Kier molecular flexibility index (Phi) is 5.15. The van der Waals surface area contributed by atoms with Crippen LogP contribution in [0.2, 0.25) is 0 Å². The van der Waals surface area contributed by atoms with Crippen molar-refractivity contribution in [3.8, 4) is 6.07 Å². The molecule has 3 atom stereocenters. The molecule has 1 N–H and O–H groups in total. The maximum atomic E-state index is 11.0. The molecule has 2 aliphatic carbocycles. The Bertz CT molecular complexity index is 423. The third kappa shape index (κ3) is 3.51. The van der Waals surface area contributed by atoms with Crippen molar-refractivity contribution in [2.24, 2.45) is 29.1 Å². The summed E-state index contributed by atoms with van der Waals surface area (Å²) in [5.41, 5.74) is 0.884. The molecule has 0 bridgehead atoms. The van der Waals surface area contributed by atoms with E-state index in [4.69, 9.17) is 0 Å². The molecule has 2 nitrogen and oxygen atoms in total. The van der Waals surface area contributed by atoms with Crippen LogP contribution in [-0.4, -0.2) is 11.2 Å². The fourth-order valence-corrected chi connectivity index (χ4v) is 4.58. The van der Waals surface area contributed by atoms with Crippen molar-refractivity contribution in [2.75, 3.05) is 0 Å². The molecule has 2 heteroatoms. The van der Waals surface area contributed by atoms with Gasteiger partial charge in [-0.05, 0) is 69.1 Å². The first-order valence-electron chi connectivity index (χ1n) is 8.64. The lowest BCUT2D eigenvalue weighted by atomic mass is 9.62. The first-order valence-corrected chi connectivity index (χ1v) is 8.64. The first kappa shape index (κ1) is 16.6.